The maximum atomic E-state index is 14.0. The molecule has 0 saturated carbocycles. The molecular weight excluding hydrogens is 325 g/mol. The van der Waals surface area contributed by atoms with Crippen molar-refractivity contribution in [2.75, 3.05) is 0 Å². The van der Waals surface area contributed by atoms with E-state index in [4.69, 9.17) is 0 Å². The first-order valence-electron chi connectivity index (χ1n) is 7.68. The van der Waals surface area contributed by atoms with Gasteiger partial charge in [-0.3, -0.25) is 0 Å². The molecule has 0 aromatic heterocycles. The number of allylic oxidation sites excluding steroid dienone is 1. The summed E-state index contributed by atoms with van der Waals surface area (Å²) in [4.78, 5) is 0. The van der Waals surface area contributed by atoms with Gasteiger partial charge in [-0.25, -0.2) is 0 Å². The van der Waals surface area contributed by atoms with Crippen LogP contribution in [0.15, 0.2) is 84.9 Å². The summed E-state index contributed by atoms with van der Waals surface area (Å²) in [6.07, 6.45) is -4.54. The number of aromatic hydroxyl groups is 1. The number of halogens is 3. The molecule has 0 spiro atoms. The predicted molar refractivity (Wildman–Crippen MR) is 93.0 cm³/mol. The van der Waals surface area contributed by atoms with Crippen molar-refractivity contribution in [3.8, 4) is 5.75 Å². The van der Waals surface area contributed by atoms with E-state index in [1.807, 2.05) is 0 Å². The summed E-state index contributed by atoms with van der Waals surface area (Å²) in [5.41, 5.74) is 0.329. The second-order valence-electron chi connectivity index (χ2n) is 5.53. The first-order valence-corrected chi connectivity index (χ1v) is 7.68. The second-order valence-corrected chi connectivity index (χ2v) is 5.53. The molecule has 0 unspecified atom stereocenters. The Balaban J connectivity index is 2.37. The van der Waals surface area contributed by atoms with Gasteiger partial charge < -0.3 is 5.11 Å². The SMILES string of the molecule is Oc1ccc(/C(=C(\c2ccccc2)C(F)(F)F)c2ccccc2)cc1. The van der Waals surface area contributed by atoms with Crippen molar-refractivity contribution in [1.29, 1.82) is 0 Å². The molecule has 0 aliphatic heterocycles. The van der Waals surface area contributed by atoms with E-state index in [1.54, 1.807) is 48.5 Å². The standard InChI is InChI=1S/C21H15F3O/c22-21(23,24)20(17-9-5-2-6-10-17)19(15-7-3-1-4-8-15)16-11-13-18(25)14-12-16/h1-14,25H/b20-19+. The van der Waals surface area contributed by atoms with Gasteiger partial charge in [0.2, 0.25) is 0 Å². The van der Waals surface area contributed by atoms with Gasteiger partial charge in [0.1, 0.15) is 5.75 Å². The second kappa shape index (κ2) is 6.85. The minimum Gasteiger partial charge on any atom is -0.508 e. The van der Waals surface area contributed by atoms with Crippen molar-refractivity contribution >= 4 is 11.1 Å². The van der Waals surface area contributed by atoms with Crippen molar-refractivity contribution in [2.45, 2.75) is 6.18 Å². The van der Waals surface area contributed by atoms with E-state index >= 15 is 0 Å². The maximum Gasteiger partial charge on any atom is 0.417 e. The highest BCUT2D eigenvalue weighted by Gasteiger charge is 2.38. The molecule has 1 N–H and O–H groups in total. The number of rotatable bonds is 3. The minimum absolute atomic E-state index is 0.00410. The largest absolute Gasteiger partial charge is 0.508 e. The fourth-order valence-electron chi connectivity index (χ4n) is 2.74. The average Bonchev–Trinajstić information content (AvgIpc) is 2.61. The van der Waals surface area contributed by atoms with Gasteiger partial charge in [-0.2, -0.15) is 13.2 Å². The van der Waals surface area contributed by atoms with E-state index in [2.05, 4.69) is 0 Å². The van der Waals surface area contributed by atoms with Gasteiger partial charge >= 0.3 is 6.18 Å². The van der Waals surface area contributed by atoms with Crippen molar-refractivity contribution in [3.63, 3.8) is 0 Å². The van der Waals surface area contributed by atoms with E-state index < -0.39 is 11.7 Å². The van der Waals surface area contributed by atoms with Crippen LogP contribution in [0.5, 0.6) is 5.75 Å². The number of phenolic OH excluding ortho intramolecular Hbond substituents is 1. The molecule has 0 aliphatic carbocycles. The monoisotopic (exact) mass is 340 g/mol. The summed E-state index contributed by atoms with van der Waals surface area (Å²) < 4.78 is 42.0. The molecule has 0 heterocycles. The van der Waals surface area contributed by atoms with Crippen LogP contribution in [0.25, 0.3) is 11.1 Å². The summed E-state index contributed by atoms with van der Waals surface area (Å²) in [6.45, 7) is 0. The fourth-order valence-corrected chi connectivity index (χ4v) is 2.74. The highest BCUT2D eigenvalue weighted by atomic mass is 19.4. The van der Waals surface area contributed by atoms with Crippen LogP contribution in [-0.4, -0.2) is 11.3 Å². The van der Waals surface area contributed by atoms with Gasteiger partial charge in [-0.1, -0.05) is 72.8 Å². The highest BCUT2D eigenvalue weighted by molar-refractivity contribution is 6.00. The molecule has 0 bridgehead atoms. The van der Waals surface area contributed by atoms with Crippen molar-refractivity contribution in [1.82, 2.24) is 0 Å². The van der Waals surface area contributed by atoms with E-state index in [0.29, 0.717) is 11.1 Å². The Kier molecular flexibility index (Phi) is 4.61. The third-order valence-corrected chi connectivity index (χ3v) is 3.81. The molecule has 0 amide bonds. The molecule has 3 aromatic carbocycles. The zero-order chi connectivity index (χ0) is 17.9. The zero-order valence-corrected chi connectivity index (χ0v) is 13.2. The van der Waals surface area contributed by atoms with E-state index in [0.717, 1.165) is 0 Å². The first kappa shape index (κ1) is 16.8. The molecule has 0 saturated heterocycles. The van der Waals surface area contributed by atoms with Crippen LogP contribution in [-0.2, 0) is 0 Å². The Bertz CT molecular complexity index is 865. The average molecular weight is 340 g/mol. The molecule has 4 heteroatoms. The fraction of sp³-hybridized carbons (Fsp3) is 0.0476. The third kappa shape index (κ3) is 3.74. The number of hydrogen-bond acceptors (Lipinski definition) is 1. The van der Waals surface area contributed by atoms with Gasteiger partial charge in [-0.15, -0.1) is 0 Å². The predicted octanol–water partition coefficient (Wildman–Crippen LogP) is 5.91. The molecule has 1 nitrogen and oxygen atoms in total. The topological polar surface area (TPSA) is 20.2 Å². The van der Waals surface area contributed by atoms with Crippen LogP contribution in [0.2, 0.25) is 0 Å². The Morgan fingerprint density at radius 3 is 1.52 bits per heavy atom. The van der Waals surface area contributed by atoms with Crippen molar-refractivity contribution in [2.24, 2.45) is 0 Å². The summed E-state index contributed by atoms with van der Waals surface area (Å²) in [7, 11) is 0. The lowest BCUT2D eigenvalue weighted by molar-refractivity contribution is -0.0685. The molecule has 0 fully saturated rings. The summed E-state index contributed by atoms with van der Waals surface area (Å²) in [5, 5.41) is 9.49. The molecule has 0 radical (unpaired) electrons. The number of hydrogen-bond donors (Lipinski definition) is 1. The Morgan fingerprint density at radius 1 is 0.600 bits per heavy atom. The number of phenols is 1. The highest BCUT2D eigenvalue weighted by Crippen LogP contribution is 2.42. The Labute approximate surface area is 143 Å². The normalized spacial score (nSPS) is 12.6. The molecule has 0 aliphatic rings. The molecule has 126 valence electrons. The lowest BCUT2D eigenvalue weighted by Gasteiger charge is -2.19. The summed E-state index contributed by atoms with van der Waals surface area (Å²) >= 11 is 0. The third-order valence-electron chi connectivity index (χ3n) is 3.81. The lowest BCUT2D eigenvalue weighted by Crippen LogP contribution is -2.13. The first-order chi connectivity index (χ1) is 12.0. The summed E-state index contributed by atoms with van der Waals surface area (Å²) in [6, 6.07) is 22.0. The quantitative estimate of drug-likeness (QED) is 0.587. The van der Waals surface area contributed by atoms with E-state index in [1.165, 1.54) is 36.4 Å². The summed E-state index contributed by atoms with van der Waals surface area (Å²) in [5.74, 6) is 0.00410. The van der Waals surface area contributed by atoms with Crippen LogP contribution in [0.4, 0.5) is 13.2 Å². The maximum absolute atomic E-state index is 14.0. The van der Waals surface area contributed by atoms with Crippen LogP contribution in [0, 0.1) is 0 Å². The molecular formula is C21H15F3O. The van der Waals surface area contributed by atoms with E-state index in [-0.39, 0.29) is 16.9 Å². The smallest absolute Gasteiger partial charge is 0.417 e. The lowest BCUT2D eigenvalue weighted by atomic mass is 9.89. The molecule has 3 rings (SSSR count). The molecule has 25 heavy (non-hydrogen) atoms. The van der Waals surface area contributed by atoms with Crippen molar-refractivity contribution < 1.29 is 18.3 Å². The van der Waals surface area contributed by atoms with Crippen LogP contribution in [0.3, 0.4) is 0 Å². The number of benzene rings is 3. The van der Waals surface area contributed by atoms with Crippen LogP contribution < -0.4 is 0 Å². The minimum atomic E-state index is -4.54. The molecule has 0 atom stereocenters. The van der Waals surface area contributed by atoms with Crippen molar-refractivity contribution in [3.05, 3.63) is 102 Å². The van der Waals surface area contributed by atoms with Gasteiger partial charge in [0.25, 0.3) is 0 Å². The molecule has 3 aromatic rings. The zero-order valence-electron chi connectivity index (χ0n) is 13.2. The van der Waals surface area contributed by atoms with Crippen LogP contribution in [0.1, 0.15) is 16.7 Å². The Morgan fingerprint density at radius 2 is 1.04 bits per heavy atom. The van der Waals surface area contributed by atoms with E-state index in [9.17, 15) is 18.3 Å². The van der Waals surface area contributed by atoms with Gasteiger partial charge in [0.15, 0.2) is 0 Å². The van der Waals surface area contributed by atoms with Gasteiger partial charge in [0, 0.05) is 5.57 Å². The van der Waals surface area contributed by atoms with Gasteiger partial charge in [0.05, 0.1) is 5.57 Å². The van der Waals surface area contributed by atoms with Gasteiger partial charge in [-0.05, 0) is 28.8 Å². The van der Waals surface area contributed by atoms with Crippen LogP contribution >= 0.6 is 0 Å². The number of alkyl halides is 3. The Hall–Kier alpha value is -3.01.